The summed E-state index contributed by atoms with van der Waals surface area (Å²) in [7, 11) is 1.58. The number of rotatable bonds is 7. The number of aliphatic carboxylic acids is 1. The average molecular weight is 269 g/mol. The lowest BCUT2D eigenvalue weighted by molar-refractivity contribution is -0.136. The van der Waals surface area contributed by atoms with Gasteiger partial charge in [0.05, 0.1) is 19.3 Å². The summed E-state index contributed by atoms with van der Waals surface area (Å²) in [6.07, 6.45) is 0.0699. The first-order valence-electron chi connectivity index (χ1n) is 5.35. The van der Waals surface area contributed by atoms with Crippen LogP contribution in [0.2, 0.25) is 0 Å². The quantitative estimate of drug-likeness (QED) is 0.739. The SMILES string of the molecule is COc1ccc(NC(=O)CSCCC(=O)O)cc1. The summed E-state index contributed by atoms with van der Waals surface area (Å²) in [4.78, 5) is 21.8. The van der Waals surface area contributed by atoms with E-state index in [1.165, 1.54) is 11.8 Å². The monoisotopic (exact) mass is 269 g/mol. The maximum absolute atomic E-state index is 11.5. The first-order chi connectivity index (χ1) is 8.61. The molecule has 0 aliphatic rings. The highest BCUT2D eigenvalue weighted by molar-refractivity contribution is 7.99. The van der Waals surface area contributed by atoms with Gasteiger partial charge in [-0.3, -0.25) is 9.59 Å². The Hall–Kier alpha value is -1.69. The lowest BCUT2D eigenvalue weighted by Crippen LogP contribution is -2.14. The van der Waals surface area contributed by atoms with Gasteiger partial charge in [-0.15, -0.1) is 0 Å². The van der Waals surface area contributed by atoms with Gasteiger partial charge in [0.25, 0.3) is 0 Å². The molecule has 0 bridgehead atoms. The molecule has 1 aromatic carbocycles. The third kappa shape index (κ3) is 5.58. The number of methoxy groups -OCH3 is 1. The predicted octanol–water partition coefficient (Wildman–Crippen LogP) is 1.84. The van der Waals surface area contributed by atoms with Crippen LogP contribution < -0.4 is 10.1 Å². The van der Waals surface area contributed by atoms with Crippen molar-refractivity contribution in [3.8, 4) is 5.75 Å². The summed E-state index contributed by atoms with van der Waals surface area (Å²) >= 11 is 1.30. The van der Waals surface area contributed by atoms with Gasteiger partial charge in [0.2, 0.25) is 5.91 Å². The van der Waals surface area contributed by atoms with Crippen LogP contribution in [0.1, 0.15) is 6.42 Å². The lowest BCUT2D eigenvalue weighted by atomic mass is 10.3. The molecule has 0 aliphatic carbocycles. The molecule has 0 heterocycles. The summed E-state index contributed by atoms with van der Waals surface area (Å²) in [5.41, 5.74) is 0.694. The zero-order valence-electron chi connectivity index (χ0n) is 10.0. The molecule has 1 rings (SSSR count). The van der Waals surface area contributed by atoms with Crippen molar-refractivity contribution in [2.75, 3.05) is 23.9 Å². The number of carbonyl (C=O) groups excluding carboxylic acids is 1. The number of benzene rings is 1. The Kier molecular flexibility index (Phi) is 6.07. The van der Waals surface area contributed by atoms with Crippen LogP contribution in [0.4, 0.5) is 5.69 Å². The van der Waals surface area contributed by atoms with Crippen molar-refractivity contribution in [1.29, 1.82) is 0 Å². The Morgan fingerprint density at radius 3 is 2.56 bits per heavy atom. The number of thioether (sulfide) groups is 1. The fourth-order valence-corrected chi connectivity index (χ4v) is 1.92. The molecule has 6 heteroatoms. The van der Waals surface area contributed by atoms with Crippen LogP contribution in [-0.4, -0.2) is 35.6 Å². The highest BCUT2D eigenvalue weighted by Gasteiger charge is 2.04. The number of carboxylic acid groups (broad SMARTS) is 1. The summed E-state index contributed by atoms with van der Waals surface area (Å²) < 4.78 is 5.00. The molecular weight excluding hydrogens is 254 g/mol. The van der Waals surface area contributed by atoms with Crippen LogP contribution in [-0.2, 0) is 9.59 Å². The number of carbonyl (C=O) groups is 2. The molecule has 18 heavy (non-hydrogen) atoms. The number of carboxylic acids is 1. The van der Waals surface area contributed by atoms with Crippen LogP contribution in [0.15, 0.2) is 24.3 Å². The van der Waals surface area contributed by atoms with E-state index in [2.05, 4.69) is 5.32 Å². The fraction of sp³-hybridized carbons (Fsp3) is 0.333. The van der Waals surface area contributed by atoms with Crippen molar-refractivity contribution >= 4 is 29.3 Å². The summed E-state index contributed by atoms with van der Waals surface area (Å²) in [5.74, 6) is 0.419. The third-order valence-corrected chi connectivity index (χ3v) is 3.03. The first-order valence-corrected chi connectivity index (χ1v) is 6.50. The highest BCUT2D eigenvalue weighted by Crippen LogP contribution is 2.15. The molecule has 0 fully saturated rings. The van der Waals surface area contributed by atoms with Crippen LogP contribution in [0.25, 0.3) is 0 Å². The topological polar surface area (TPSA) is 75.6 Å². The number of nitrogens with one attached hydrogen (secondary N) is 1. The van der Waals surface area contributed by atoms with Crippen LogP contribution >= 0.6 is 11.8 Å². The number of hydrogen-bond donors (Lipinski definition) is 2. The van der Waals surface area contributed by atoms with Crippen molar-refractivity contribution < 1.29 is 19.4 Å². The van der Waals surface area contributed by atoms with Gasteiger partial charge in [-0.05, 0) is 24.3 Å². The first kappa shape index (κ1) is 14.4. The van der Waals surface area contributed by atoms with E-state index >= 15 is 0 Å². The van der Waals surface area contributed by atoms with Crippen LogP contribution in [0.3, 0.4) is 0 Å². The molecule has 0 unspecified atom stereocenters. The second-order valence-corrected chi connectivity index (χ2v) is 4.58. The number of ether oxygens (including phenoxy) is 1. The molecule has 5 nitrogen and oxygen atoms in total. The smallest absolute Gasteiger partial charge is 0.304 e. The highest BCUT2D eigenvalue weighted by atomic mass is 32.2. The second kappa shape index (κ2) is 7.60. The lowest BCUT2D eigenvalue weighted by Gasteiger charge is -2.05. The van der Waals surface area contributed by atoms with Crippen molar-refractivity contribution in [3.05, 3.63) is 24.3 Å². The minimum atomic E-state index is -0.849. The molecule has 0 aliphatic heterocycles. The van der Waals surface area contributed by atoms with Gasteiger partial charge < -0.3 is 15.2 Å². The molecule has 1 aromatic rings. The number of amides is 1. The molecule has 0 atom stereocenters. The van der Waals surface area contributed by atoms with Crippen LogP contribution in [0, 0.1) is 0 Å². The van der Waals surface area contributed by atoms with E-state index in [1.807, 2.05) is 0 Å². The van der Waals surface area contributed by atoms with Gasteiger partial charge in [0, 0.05) is 11.4 Å². The van der Waals surface area contributed by atoms with E-state index in [0.717, 1.165) is 5.75 Å². The molecule has 1 amide bonds. The van der Waals surface area contributed by atoms with Gasteiger partial charge >= 0.3 is 5.97 Å². The molecule has 0 saturated carbocycles. The Morgan fingerprint density at radius 1 is 1.33 bits per heavy atom. The standard InChI is InChI=1S/C12H15NO4S/c1-17-10-4-2-9(3-5-10)13-11(14)8-18-7-6-12(15)16/h2-5H,6-8H2,1H3,(H,13,14)(H,15,16). The molecular formula is C12H15NO4S. The van der Waals surface area contributed by atoms with E-state index in [0.29, 0.717) is 11.4 Å². The van der Waals surface area contributed by atoms with Gasteiger partial charge in [-0.1, -0.05) is 0 Å². The van der Waals surface area contributed by atoms with Gasteiger partial charge in [0.1, 0.15) is 5.75 Å². The van der Waals surface area contributed by atoms with E-state index in [-0.39, 0.29) is 18.1 Å². The van der Waals surface area contributed by atoms with Gasteiger partial charge in [0.15, 0.2) is 0 Å². The zero-order valence-corrected chi connectivity index (χ0v) is 10.8. The van der Waals surface area contributed by atoms with Crippen LogP contribution in [0.5, 0.6) is 5.75 Å². The zero-order chi connectivity index (χ0) is 13.4. The van der Waals surface area contributed by atoms with Crippen molar-refractivity contribution in [1.82, 2.24) is 0 Å². The normalized spacial score (nSPS) is 9.83. The minimum Gasteiger partial charge on any atom is -0.497 e. The maximum atomic E-state index is 11.5. The summed E-state index contributed by atoms with van der Waals surface area (Å²) in [6.45, 7) is 0. The molecule has 2 N–H and O–H groups in total. The minimum absolute atomic E-state index is 0.0699. The number of hydrogen-bond acceptors (Lipinski definition) is 4. The van der Waals surface area contributed by atoms with Gasteiger partial charge in [-0.25, -0.2) is 0 Å². The van der Waals surface area contributed by atoms with E-state index < -0.39 is 5.97 Å². The Balaban J connectivity index is 2.28. The molecule has 0 spiro atoms. The van der Waals surface area contributed by atoms with Crippen molar-refractivity contribution in [3.63, 3.8) is 0 Å². The summed E-state index contributed by atoms with van der Waals surface area (Å²) in [6, 6.07) is 7.01. The molecule has 98 valence electrons. The predicted molar refractivity (Wildman–Crippen MR) is 71.2 cm³/mol. The third-order valence-electron chi connectivity index (χ3n) is 2.07. The number of anilines is 1. The maximum Gasteiger partial charge on any atom is 0.304 e. The average Bonchev–Trinajstić information content (AvgIpc) is 2.35. The van der Waals surface area contributed by atoms with Gasteiger partial charge in [-0.2, -0.15) is 11.8 Å². The summed E-state index contributed by atoms with van der Waals surface area (Å²) in [5, 5.41) is 11.2. The largest absolute Gasteiger partial charge is 0.497 e. The Labute approximate surface area is 110 Å². The Bertz CT molecular complexity index is 405. The van der Waals surface area contributed by atoms with E-state index in [4.69, 9.17) is 9.84 Å². The van der Waals surface area contributed by atoms with Crippen molar-refractivity contribution in [2.45, 2.75) is 6.42 Å². The fourth-order valence-electron chi connectivity index (χ4n) is 1.20. The van der Waals surface area contributed by atoms with E-state index in [1.54, 1.807) is 31.4 Å². The Morgan fingerprint density at radius 2 is 2.00 bits per heavy atom. The van der Waals surface area contributed by atoms with E-state index in [9.17, 15) is 9.59 Å². The molecule has 0 radical (unpaired) electrons. The van der Waals surface area contributed by atoms with Crippen molar-refractivity contribution in [2.24, 2.45) is 0 Å². The molecule has 0 saturated heterocycles. The second-order valence-electron chi connectivity index (χ2n) is 3.47. The molecule has 0 aromatic heterocycles.